The van der Waals surface area contributed by atoms with Crippen LogP contribution in [0, 0.1) is 0 Å². The van der Waals surface area contributed by atoms with E-state index in [9.17, 15) is 4.79 Å². The smallest absolute Gasteiger partial charge is 0.290 e. The van der Waals surface area contributed by atoms with Crippen LogP contribution in [-0.2, 0) is 0 Å². The summed E-state index contributed by atoms with van der Waals surface area (Å²) in [6.45, 7) is 1.89. The molecular formula is C18H18ClN5O2. The summed E-state index contributed by atoms with van der Waals surface area (Å²) in [7, 11) is 0. The van der Waals surface area contributed by atoms with Gasteiger partial charge >= 0.3 is 0 Å². The van der Waals surface area contributed by atoms with Crippen LogP contribution in [0.25, 0.3) is 11.3 Å². The maximum Gasteiger partial charge on any atom is 0.290 e. The second kappa shape index (κ2) is 6.92. The fourth-order valence-corrected chi connectivity index (χ4v) is 3.27. The quantitative estimate of drug-likeness (QED) is 0.695. The van der Waals surface area contributed by atoms with Gasteiger partial charge in [0.15, 0.2) is 0 Å². The first-order valence-electron chi connectivity index (χ1n) is 8.49. The van der Waals surface area contributed by atoms with Crippen molar-refractivity contribution in [1.82, 2.24) is 25.5 Å². The Hall–Kier alpha value is -2.67. The second-order valence-corrected chi connectivity index (χ2v) is 7.11. The molecule has 4 rings (SSSR count). The highest BCUT2D eigenvalue weighted by Crippen LogP contribution is 2.34. The van der Waals surface area contributed by atoms with Gasteiger partial charge in [0, 0.05) is 17.7 Å². The van der Waals surface area contributed by atoms with Crippen LogP contribution in [0.5, 0.6) is 0 Å². The zero-order valence-electron chi connectivity index (χ0n) is 14.2. The fraction of sp³-hybridized carbons (Fsp3) is 0.333. The molecule has 2 aromatic heterocycles. The molecule has 8 heteroatoms. The third-order valence-corrected chi connectivity index (χ3v) is 4.83. The first-order chi connectivity index (χ1) is 12.6. The Morgan fingerprint density at radius 1 is 1.35 bits per heavy atom. The van der Waals surface area contributed by atoms with Gasteiger partial charge in [-0.3, -0.25) is 4.79 Å². The number of halogens is 1. The van der Waals surface area contributed by atoms with Crippen molar-refractivity contribution in [1.29, 1.82) is 0 Å². The Kier molecular flexibility index (Phi) is 4.46. The molecule has 0 unspecified atom stereocenters. The van der Waals surface area contributed by atoms with E-state index >= 15 is 0 Å². The molecule has 2 heterocycles. The summed E-state index contributed by atoms with van der Waals surface area (Å²) in [6.07, 6.45) is 3.25. The third kappa shape index (κ3) is 3.22. The standard InChI is InChI=1S/C18H18ClN5O2/c1-11(19)16-10-20-23-24(16)14-7-13(8-14)21-18(25)17-9-15(22-26-17)12-5-3-2-4-6-12/h2-6,9-11,13-14H,7-8H2,1H3,(H,21,25)/t11-,13?,14?/m1/s1. The molecule has 1 aliphatic carbocycles. The van der Waals surface area contributed by atoms with Gasteiger partial charge < -0.3 is 9.84 Å². The van der Waals surface area contributed by atoms with Crippen molar-refractivity contribution < 1.29 is 9.32 Å². The van der Waals surface area contributed by atoms with Gasteiger partial charge in [0.05, 0.1) is 23.3 Å². The molecule has 3 aromatic rings. The summed E-state index contributed by atoms with van der Waals surface area (Å²) in [5.74, 6) is -0.0456. The van der Waals surface area contributed by atoms with Crippen molar-refractivity contribution in [3.63, 3.8) is 0 Å². The van der Waals surface area contributed by atoms with Crippen LogP contribution >= 0.6 is 11.6 Å². The van der Waals surface area contributed by atoms with E-state index in [1.807, 2.05) is 41.9 Å². The van der Waals surface area contributed by atoms with Gasteiger partial charge in [-0.1, -0.05) is 40.7 Å². The molecule has 0 saturated heterocycles. The number of benzene rings is 1. The number of aromatic nitrogens is 4. The topological polar surface area (TPSA) is 85.8 Å². The maximum absolute atomic E-state index is 12.4. The molecule has 1 aromatic carbocycles. The van der Waals surface area contributed by atoms with Crippen LogP contribution in [0.15, 0.2) is 47.1 Å². The minimum atomic E-state index is -0.257. The Labute approximate surface area is 155 Å². The maximum atomic E-state index is 12.4. The van der Waals surface area contributed by atoms with Gasteiger partial charge in [0.1, 0.15) is 5.69 Å². The van der Waals surface area contributed by atoms with Gasteiger partial charge in [0.25, 0.3) is 5.91 Å². The number of hydrogen-bond donors (Lipinski definition) is 1. The number of rotatable bonds is 5. The zero-order valence-corrected chi connectivity index (χ0v) is 14.9. The lowest BCUT2D eigenvalue weighted by atomic mass is 9.86. The highest BCUT2D eigenvalue weighted by Gasteiger charge is 2.34. The molecule has 0 aliphatic heterocycles. The molecular weight excluding hydrogens is 354 g/mol. The molecule has 26 heavy (non-hydrogen) atoms. The first kappa shape index (κ1) is 16.8. The first-order valence-corrected chi connectivity index (χ1v) is 8.92. The van der Waals surface area contributed by atoms with E-state index in [2.05, 4.69) is 20.8 Å². The number of amides is 1. The average molecular weight is 372 g/mol. The van der Waals surface area contributed by atoms with E-state index in [-0.39, 0.29) is 29.1 Å². The zero-order chi connectivity index (χ0) is 18.1. The fourth-order valence-electron chi connectivity index (χ4n) is 3.11. The van der Waals surface area contributed by atoms with Gasteiger partial charge in [-0.05, 0) is 19.8 Å². The molecule has 7 nitrogen and oxygen atoms in total. The molecule has 1 aliphatic rings. The highest BCUT2D eigenvalue weighted by atomic mass is 35.5. The SMILES string of the molecule is C[C@@H](Cl)c1cnnn1C1CC(NC(=O)c2cc(-c3ccccc3)no2)C1. The molecule has 0 radical (unpaired) electrons. The highest BCUT2D eigenvalue weighted by molar-refractivity contribution is 6.20. The number of nitrogens with one attached hydrogen (secondary N) is 1. The summed E-state index contributed by atoms with van der Waals surface area (Å²) in [5, 5.41) is 14.8. The number of carbonyl (C=O) groups is 1. The number of carbonyl (C=O) groups excluding carboxylic acids is 1. The summed E-state index contributed by atoms with van der Waals surface area (Å²) in [5.41, 5.74) is 2.45. The normalized spacial score (nSPS) is 20.4. The molecule has 1 fully saturated rings. The largest absolute Gasteiger partial charge is 0.350 e. The van der Waals surface area contributed by atoms with Crippen molar-refractivity contribution in [2.45, 2.75) is 37.2 Å². The Morgan fingerprint density at radius 3 is 2.85 bits per heavy atom. The molecule has 0 bridgehead atoms. The Morgan fingerprint density at radius 2 is 2.12 bits per heavy atom. The van der Waals surface area contributed by atoms with E-state index in [0.29, 0.717) is 5.69 Å². The van der Waals surface area contributed by atoms with Crippen LogP contribution in [0.3, 0.4) is 0 Å². The van der Waals surface area contributed by atoms with Gasteiger partial charge in [-0.2, -0.15) is 0 Å². The van der Waals surface area contributed by atoms with Gasteiger partial charge in [0.2, 0.25) is 5.76 Å². The summed E-state index contributed by atoms with van der Waals surface area (Å²) in [6, 6.07) is 11.5. The predicted molar refractivity (Wildman–Crippen MR) is 95.8 cm³/mol. The van der Waals surface area contributed by atoms with Crippen LogP contribution in [-0.4, -0.2) is 32.1 Å². The van der Waals surface area contributed by atoms with Gasteiger partial charge in [-0.25, -0.2) is 4.68 Å². The summed E-state index contributed by atoms with van der Waals surface area (Å²) < 4.78 is 7.04. The van der Waals surface area contributed by atoms with Crippen molar-refractivity contribution in [3.05, 3.63) is 54.0 Å². The Bertz CT molecular complexity index is 899. The van der Waals surface area contributed by atoms with E-state index in [1.54, 1.807) is 12.3 Å². The molecule has 1 atom stereocenters. The molecule has 1 saturated carbocycles. The van der Waals surface area contributed by atoms with Crippen LogP contribution in [0.1, 0.15) is 47.4 Å². The third-order valence-electron chi connectivity index (χ3n) is 4.61. The number of nitrogens with zero attached hydrogens (tertiary/aromatic N) is 4. The van der Waals surface area contributed by atoms with E-state index in [4.69, 9.17) is 16.1 Å². The predicted octanol–water partition coefficient (Wildman–Crippen LogP) is 3.37. The lowest BCUT2D eigenvalue weighted by molar-refractivity contribution is 0.0849. The molecule has 0 spiro atoms. The van der Waals surface area contributed by atoms with E-state index in [1.165, 1.54) is 0 Å². The van der Waals surface area contributed by atoms with E-state index < -0.39 is 0 Å². The lowest BCUT2D eigenvalue weighted by Crippen LogP contribution is -2.45. The van der Waals surface area contributed by atoms with Gasteiger partial charge in [-0.15, -0.1) is 16.7 Å². The number of hydrogen-bond acceptors (Lipinski definition) is 5. The van der Waals surface area contributed by atoms with Crippen molar-refractivity contribution in [3.8, 4) is 11.3 Å². The van der Waals surface area contributed by atoms with E-state index in [0.717, 1.165) is 24.1 Å². The second-order valence-electron chi connectivity index (χ2n) is 6.46. The molecule has 134 valence electrons. The van der Waals surface area contributed by atoms with Crippen molar-refractivity contribution in [2.75, 3.05) is 0 Å². The minimum Gasteiger partial charge on any atom is -0.350 e. The lowest BCUT2D eigenvalue weighted by Gasteiger charge is -2.36. The minimum absolute atomic E-state index is 0.0699. The van der Waals surface area contributed by atoms with Crippen LogP contribution < -0.4 is 5.32 Å². The average Bonchev–Trinajstić information content (AvgIpc) is 3.27. The Balaban J connectivity index is 1.36. The summed E-state index contributed by atoms with van der Waals surface area (Å²) in [4.78, 5) is 12.4. The molecule has 1 N–H and O–H groups in total. The summed E-state index contributed by atoms with van der Waals surface area (Å²) >= 11 is 6.14. The van der Waals surface area contributed by atoms with Crippen molar-refractivity contribution >= 4 is 17.5 Å². The van der Waals surface area contributed by atoms with Crippen LogP contribution in [0.4, 0.5) is 0 Å². The van der Waals surface area contributed by atoms with Crippen molar-refractivity contribution in [2.24, 2.45) is 0 Å². The monoisotopic (exact) mass is 371 g/mol. The number of alkyl halides is 1. The molecule has 1 amide bonds. The van der Waals surface area contributed by atoms with Crippen LogP contribution in [0.2, 0.25) is 0 Å².